The first kappa shape index (κ1) is 98.4. The summed E-state index contributed by atoms with van der Waals surface area (Å²) in [6.45, 7) is 29.0. The van der Waals surface area contributed by atoms with E-state index in [1.165, 1.54) is 73.4 Å². The van der Waals surface area contributed by atoms with E-state index >= 15 is 17.6 Å². The summed E-state index contributed by atoms with van der Waals surface area (Å²) in [5.74, 6) is -1.65. The van der Waals surface area contributed by atoms with Crippen LogP contribution in [0, 0.1) is 51.0 Å². The van der Waals surface area contributed by atoms with E-state index in [4.69, 9.17) is 135 Å². The molecule has 0 aliphatic carbocycles. The highest BCUT2D eigenvalue weighted by Gasteiger charge is 2.42. The maximum atomic E-state index is 15.0. The van der Waals surface area contributed by atoms with Crippen molar-refractivity contribution in [2.24, 2.45) is 0 Å². The van der Waals surface area contributed by atoms with E-state index in [1.54, 1.807) is 71.6 Å². The summed E-state index contributed by atoms with van der Waals surface area (Å²) >= 11 is 48.5. The number of benzene rings is 4. The number of nitrogens with two attached hydrogens (primary N) is 4. The van der Waals surface area contributed by atoms with E-state index in [-0.39, 0.29) is 156 Å². The lowest BCUT2D eigenvalue weighted by molar-refractivity contribution is -0.127. The van der Waals surface area contributed by atoms with Crippen molar-refractivity contribution in [3.8, 4) is 45.7 Å². The summed E-state index contributed by atoms with van der Waals surface area (Å²) in [6.07, 6.45) is 14.0. The van der Waals surface area contributed by atoms with Crippen LogP contribution in [0.1, 0.15) is 48.5 Å². The largest absolute Gasteiger partial charge is 0.490 e. The quantitative estimate of drug-likeness (QED) is 0.0475. The van der Waals surface area contributed by atoms with Crippen LogP contribution in [0.3, 0.4) is 0 Å². The van der Waals surface area contributed by atoms with Gasteiger partial charge in [0.1, 0.15) is 44.8 Å². The number of nitrogen functional groups attached to an aromatic ring is 4. The van der Waals surface area contributed by atoms with Gasteiger partial charge in [-0.25, -0.2) is 37.5 Å². The number of rotatable bonds is 8. The first-order valence-electron chi connectivity index (χ1n) is 44.1. The zero-order valence-corrected chi connectivity index (χ0v) is 81.5. The molecule has 8 aromatic heterocycles. The van der Waals surface area contributed by atoms with Gasteiger partial charge in [-0.1, -0.05) is 119 Å². The van der Waals surface area contributed by atoms with Gasteiger partial charge >= 0.3 is 0 Å². The number of amides is 4. The van der Waals surface area contributed by atoms with Crippen molar-refractivity contribution in [1.29, 1.82) is 0 Å². The molecule has 4 amide bonds. The average Bonchev–Trinajstić information content (AvgIpc) is 1.02. The minimum absolute atomic E-state index is 0.0120. The Kier molecular flexibility index (Phi) is 27.7. The van der Waals surface area contributed by atoms with Gasteiger partial charge < -0.3 is 81.1 Å². The normalized spacial score (nSPS) is 17.4. The Hall–Kier alpha value is -13.2. The highest BCUT2D eigenvalue weighted by Crippen LogP contribution is 2.48. The number of halogens is 12. The molecule has 20 rings (SSSR count). The molecule has 16 heterocycles. The Balaban J connectivity index is 0.000000129. The number of hydrogen-bond donors (Lipinski definition) is 4. The molecule has 140 heavy (non-hydrogen) atoms. The summed E-state index contributed by atoms with van der Waals surface area (Å²) in [6, 6.07) is 11.8. The maximum absolute atomic E-state index is 15.0. The van der Waals surface area contributed by atoms with Crippen molar-refractivity contribution in [3.05, 3.63) is 252 Å². The smallest absolute Gasteiger partial charge is 0.282 e. The van der Waals surface area contributed by atoms with Crippen molar-refractivity contribution in [3.63, 3.8) is 0 Å². The molecule has 4 atom stereocenters. The zero-order valence-electron chi connectivity index (χ0n) is 75.4. The number of fused-ring (bicyclic) bond motifs is 20. The highest BCUT2D eigenvalue weighted by molar-refractivity contribution is 6.39. The van der Waals surface area contributed by atoms with E-state index in [0.717, 1.165) is 41.0 Å². The summed E-state index contributed by atoms with van der Waals surface area (Å²) < 4.78 is 88.7. The number of pyridine rings is 8. The second-order valence-corrected chi connectivity index (χ2v) is 37.5. The van der Waals surface area contributed by atoms with Gasteiger partial charge in [0.25, 0.3) is 22.2 Å². The molecule has 0 spiro atoms. The van der Waals surface area contributed by atoms with E-state index in [2.05, 4.69) is 65.9 Å². The van der Waals surface area contributed by atoms with Crippen molar-refractivity contribution < 1.29 is 55.7 Å². The molecule has 8 aliphatic rings. The van der Waals surface area contributed by atoms with Crippen LogP contribution in [0.15, 0.2) is 143 Å². The van der Waals surface area contributed by atoms with Crippen molar-refractivity contribution in [1.82, 2.24) is 57.8 Å². The Morgan fingerprint density at radius 2 is 0.514 bits per heavy atom. The minimum Gasteiger partial charge on any atom is -0.490 e. The maximum Gasteiger partial charge on any atom is 0.282 e. The molecule has 12 aromatic rings. The molecule has 4 aromatic carbocycles. The molecule has 728 valence electrons. The van der Waals surface area contributed by atoms with Crippen LogP contribution < -0.4 is 83.7 Å². The molecule has 4 fully saturated rings. The fraction of sp³-hybridized carbons (Fsp3) is 0.292. The number of aryl methyl sites for hydroxylation is 4. The zero-order chi connectivity index (χ0) is 100. The molecule has 32 nitrogen and oxygen atoms in total. The highest BCUT2D eigenvalue weighted by atomic mass is 35.5. The molecule has 8 N–H and O–H groups in total. The van der Waals surface area contributed by atoms with Gasteiger partial charge in [-0.15, -0.1) is 0 Å². The van der Waals surface area contributed by atoms with E-state index in [0.29, 0.717) is 198 Å². The van der Waals surface area contributed by atoms with Gasteiger partial charge in [0, 0.05) is 149 Å². The fourth-order valence-electron chi connectivity index (χ4n) is 19.5. The Labute approximate surface area is 835 Å². The monoisotopic (exact) mass is 2070 g/mol. The standard InChI is InChI=1S/4C24H22Cl2FN5O3/c4*1-3-18(33)30-5-6-31-13(11-30)4-7-35-17-10-29-21-14(22(17)31)8-12(2)32(24(21)34)23-19(27)15(25)9-16(26)20(23)28/h4*3,8-10,13H,1,4-7,11,28H2,2H3/t2*13-;;/m10../s1. The number of ether oxygens (including phenoxy) is 4. The number of anilines is 8. The van der Waals surface area contributed by atoms with E-state index in [9.17, 15) is 38.4 Å². The predicted octanol–water partition coefficient (Wildman–Crippen LogP) is 14.8. The molecule has 4 saturated heterocycles. The SMILES string of the molecule is C=CC(=O)N1CCN2c3c(cnc4c(=O)n(-c5c(N)c(Cl)cc(Cl)c5F)c(C)cc34)OCCC2C1.C=CC(=O)N1CCN2c3c(cnc4c(=O)n(-c5c(N)c(Cl)cc(Cl)c5F)c(C)cc34)OCCC2C1.C=CC(=O)N1CCN2c3c(cnc4c(=O)n(-c5c(N)c(Cl)cc(Cl)c5F)c(C)cc34)OCC[C@@H]2C1.C=CC(=O)N1CCN2c3c(cnc4c(=O)n(-c5c(N)c(Cl)cc(Cl)c5F)c(C)cc34)OCC[C@H]2C1. The lowest BCUT2D eigenvalue weighted by atomic mass is 10.1. The predicted molar refractivity (Wildman–Crippen MR) is 538 cm³/mol. The third-order valence-corrected chi connectivity index (χ3v) is 28.5. The summed E-state index contributed by atoms with van der Waals surface area (Å²) in [5, 5.41) is 1.46. The van der Waals surface area contributed by atoms with Crippen LogP contribution in [-0.4, -0.2) is 211 Å². The van der Waals surface area contributed by atoms with Crippen molar-refractivity contribution in [2.45, 2.75) is 77.5 Å². The Morgan fingerprint density at radius 3 is 0.700 bits per heavy atom. The topological polar surface area (TPSA) is 375 Å². The molecule has 0 bridgehead atoms. The van der Waals surface area contributed by atoms with Crippen LogP contribution >= 0.6 is 92.8 Å². The number of carbonyl (C=O) groups is 4. The second-order valence-electron chi connectivity index (χ2n) is 34.2. The van der Waals surface area contributed by atoms with Gasteiger partial charge in [0.15, 0.2) is 46.3 Å². The molecule has 8 aliphatic heterocycles. The lowest BCUT2D eigenvalue weighted by Crippen LogP contribution is -2.54. The Bertz CT molecular complexity index is 6600. The molecule has 0 saturated carbocycles. The third-order valence-electron chi connectivity index (χ3n) is 26.2. The number of aromatic nitrogens is 8. The lowest BCUT2D eigenvalue weighted by Gasteiger charge is -2.41. The number of nitrogens with zero attached hydrogens (tertiary/aromatic N) is 16. The van der Waals surface area contributed by atoms with Crippen LogP contribution in [0.4, 0.5) is 63.1 Å². The summed E-state index contributed by atoms with van der Waals surface area (Å²) in [5.41, 5.74) is 25.8. The minimum atomic E-state index is -0.848. The van der Waals surface area contributed by atoms with Gasteiger partial charge in [-0.2, -0.15) is 0 Å². The van der Waals surface area contributed by atoms with Crippen LogP contribution in [0.2, 0.25) is 40.2 Å². The first-order chi connectivity index (χ1) is 66.9. The van der Waals surface area contributed by atoms with Gasteiger partial charge in [-0.3, -0.25) is 56.6 Å². The third kappa shape index (κ3) is 17.5. The van der Waals surface area contributed by atoms with Crippen LogP contribution in [0.25, 0.3) is 66.4 Å². The van der Waals surface area contributed by atoms with Crippen LogP contribution in [0.5, 0.6) is 23.0 Å². The summed E-state index contributed by atoms with van der Waals surface area (Å²) in [4.78, 5) is 137. The van der Waals surface area contributed by atoms with Gasteiger partial charge in [-0.05, 0) is 101 Å². The van der Waals surface area contributed by atoms with Gasteiger partial charge in [0.05, 0.1) is 161 Å². The Morgan fingerprint density at radius 1 is 0.321 bits per heavy atom. The molecule has 44 heteroatoms. The van der Waals surface area contributed by atoms with Crippen molar-refractivity contribution in [2.75, 3.05) is 147 Å². The average molecular weight is 2070 g/mol. The van der Waals surface area contributed by atoms with E-state index in [1.807, 2.05) is 0 Å². The molecule has 2 unspecified atom stereocenters. The molecular formula is C96H88Cl8F4N20O12. The fourth-order valence-corrected chi connectivity index (χ4v) is 21.3. The molecule has 0 radical (unpaired) electrons. The van der Waals surface area contributed by atoms with Gasteiger partial charge in [0.2, 0.25) is 23.6 Å². The molecular weight excluding hydrogens is 1980 g/mol. The summed E-state index contributed by atoms with van der Waals surface area (Å²) in [7, 11) is 0. The van der Waals surface area contributed by atoms with Crippen LogP contribution in [-0.2, 0) is 19.2 Å². The van der Waals surface area contributed by atoms with Crippen molar-refractivity contribution >= 4 is 206 Å². The number of carbonyl (C=O) groups excluding carboxylic acids is 4. The first-order valence-corrected chi connectivity index (χ1v) is 47.1. The van der Waals surface area contributed by atoms with E-state index < -0.39 is 45.5 Å². The number of piperazine rings is 4. The second kappa shape index (κ2) is 39.5. The number of hydrogen-bond acceptors (Lipinski definition) is 24.